The molecule has 0 aliphatic heterocycles. The number of hydrogen-bond donors (Lipinski definition) is 1. The van der Waals surface area contributed by atoms with Crippen molar-refractivity contribution in [2.75, 3.05) is 6.61 Å². The van der Waals surface area contributed by atoms with Crippen molar-refractivity contribution in [2.24, 2.45) is 0 Å². The largest absolute Gasteiger partial charge is 0.416 e. The number of nitrogens with zero attached hydrogens (tertiary/aromatic N) is 1. The van der Waals surface area contributed by atoms with Crippen LogP contribution >= 0.6 is 11.3 Å². The normalized spacial score (nSPS) is 13.9. The summed E-state index contributed by atoms with van der Waals surface area (Å²) in [4.78, 5) is 5.86. The van der Waals surface area contributed by atoms with Crippen LogP contribution in [0.2, 0.25) is 0 Å². The number of aryl methyl sites for hydroxylation is 3. The Hall–Kier alpha value is -2.07. The van der Waals surface area contributed by atoms with Crippen molar-refractivity contribution in [3.63, 3.8) is 0 Å². The molecule has 0 aliphatic carbocycles. The number of thiazole rings is 1. The second-order valence-corrected chi connectivity index (χ2v) is 9.77. The van der Waals surface area contributed by atoms with Crippen molar-refractivity contribution in [2.45, 2.75) is 44.2 Å². The molecule has 0 amide bonds. The third-order valence-electron chi connectivity index (χ3n) is 4.68. The van der Waals surface area contributed by atoms with Crippen LogP contribution in [0.3, 0.4) is 0 Å². The van der Waals surface area contributed by atoms with Crippen molar-refractivity contribution < 1.29 is 26.1 Å². The molecule has 4 nitrogen and oxygen atoms in total. The number of aromatic nitrogens is 1. The van der Waals surface area contributed by atoms with Crippen LogP contribution in [0.1, 0.15) is 35.0 Å². The zero-order valence-electron chi connectivity index (χ0n) is 17.1. The Labute approximate surface area is 184 Å². The van der Waals surface area contributed by atoms with E-state index in [1.165, 1.54) is 23.5 Å². The van der Waals surface area contributed by atoms with Gasteiger partial charge in [-0.3, -0.25) is 0 Å². The molecule has 1 heterocycles. The Balaban J connectivity index is 1.63. The van der Waals surface area contributed by atoms with Gasteiger partial charge < -0.3 is 0 Å². The number of hydrogen-bond acceptors (Lipinski definition) is 4. The zero-order chi connectivity index (χ0) is 22.6. The Kier molecular flexibility index (Phi) is 7.31. The first kappa shape index (κ1) is 23.6. The van der Waals surface area contributed by atoms with Gasteiger partial charge in [0.25, 0.3) is 0 Å². The first-order chi connectivity index (χ1) is 14.6. The predicted molar refractivity (Wildman–Crippen MR) is 116 cm³/mol. The lowest BCUT2D eigenvalue weighted by atomic mass is 10.1. The van der Waals surface area contributed by atoms with E-state index in [-0.39, 0.29) is 11.5 Å². The molecule has 2 aromatic carbocycles. The van der Waals surface area contributed by atoms with Gasteiger partial charge in [0.1, 0.15) is 11.6 Å². The molecule has 166 valence electrons. The minimum absolute atomic E-state index is 0.0828. The van der Waals surface area contributed by atoms with Gasteiger partial charge in [0.15, 0.2) is 0 Å². The average Bonchev–Trinajstić information content (AvgIpc) is 3.14. The van der Waals surface area contributed by atoms with Gasteiger partial charge in [-0.05, 0) is 54.7 Å². The highest BCUT2D eigenvalue weighted by molar-refractivity contribution is 7.93. The maximum absolute atomic E-state index is 12.8. The summed E-state index contributed by atoms with van der Waals surface area (Å²) in [6.45, 7) is 3.96. The van der Waals surface area contributed by atoms with Crippen molar-refractivity contribution in [1.29, 1.82) is 0 Å². The Bertz CT molecular complexity index is 1060. The van der Waals surface area contributed by atoms with E-state index in [4.69, 9.17) is 4.18 Å². The first-order valence-corrected chi connectivity index (χ1v) is 12.0. The summed E-state index contributed by atoms with van der Waals surface area (Å²) in [6, 6.07) is 11.6. The topological polar surface area (TPSA) is 59.4 Å². The lowest BCUT2D eigenvalue weighted by Crippen LogP contribution is -2.15. The van der Waals surface area contributed by atoms with E-state index in [9.17, 15) is 21.9 Å². The van der Waals surface area contributed by atoms with Crippen LogP contribution < -0.4 is 0 Å². The van der Waals surface area contributed by atoms with Crippen molar-refractivity contribution in [1.82, 2.24) is 4.98 Å². The summed E-state index contributed by atoms with van der Waals surface area (Å²) in [5.41, 5.74) is 1.76. The van der Waals surface area contributed by atoms with Gasteiger partial charge in [-0.15, -0.1) is 15.5 Å². The number of benzene rings is 2. The molecule has 0 radical (unpaired) electrons. The minimum Gasteiger partial charge on any atom is -0.241 e. The van der Waals surface area contributed by atoms with Crippen molar-refractivity contribution in [3.8, 4) is 10.6 Å². The van der Waals surface area contributed by atoms with Gasteiger partial charge in [0, 0.05) is 10.4 Å². The molecular formula is C22H23F3NO3S2+. The SMILES string of the molecule is CCc1sc(-c2ccc(C(F)(F)F)cc2)nc1CCCO[S+](=O)(O)c1ccc(C)cc1. The van der Waals surface area contributed by atoms with Gasteiger partial charge in [-0.2, -0.15) is 17.7 Å². The van der Waals surface area contributed by atoms with Crippen molar-refractivity contribution >= 4 is 21.8 Å². The van der Waals surface area contributed by atoms with E-state index in [0.29, 0.717) is 23.4 Å². The lowest BCUT2D eigenvalue weighted by Gasteiger charge is -2.06. The highest BCUT2D eigenvalue weighted by Crippen LogP contribution is 2.33. The predicted octanol–water partition coefficient (Wildman–Crippen LogP) is 6.60. The molecule has 1 unspecified atom stereocenters. The second-order valence-electron chi connectivity index (χ2n) is 7.03. The van der Waals surface area contributed by atoms with Crippen LogP contribution in [0.25, 0.3) is 10.6 Å². The highest BCUT2D eigenvalue weighted by atomic mass is 32.3. The van der Waals surface area contributed by atoms with E-state index in [1.54, 1.807) is 24.3 Å². The van der Waals surface area contributed by atoms with Crippen molar-refractivity contribution in [3.05, 3.63) is 70.2 Å². The van der Waals surface area contributed by atoms with E-state index in [2.05, 4.69) is 4.98 Å². The molecule has 9 heteroatoms. The van der Waals surface area contributed by atoms with Gasteiger partial charge in [0.2, 0.25) is 4.90 Å². The standard InChI is InChI=1S/C22H22F3NO3S2/c1-3-20-19(5-4-14-29-31(27,28)18-12-6-15(2)7-13-18)26-21(30-20)16-8-10-17(11-9-16)22(23,24)25/h6-13H,3-5,14H2,1-2H3/p+1. The van der Waals surface area contributed by atoms with Gasteiger partial charge in [0.05, 0.1) is 11.3 Å². The monoisotopic (exact) mass is 470 g/mol. The molecule has 1 aromatic heterocycles. The van der Waals surface area contributed by atoms with Gasteiger partial charge >= 0.3 is 16.7 Å². The zero-order valence-corrected chi connectivity index (χ0v) is 18.7. The fourth-order valence-electron chi connectivity index (χ4n) is 2.97. The molecule has 0 aliphatic rings. The second kappa shape index (κ2) is 9.60. The van der Waals surface area contributed by atoms with Crippen LogP contribution in [-0.2, 0) is 37.9 Å². The summed E-state index contributed by atoms with van der Waals surface area (Å²) in [7, 11) is -3.56. The Morgan fingerprint density at radius 3 is 2.32 bits per heavy atom. The molecule has 1 N–H and O–H groups in total. The fraction of sp³-hybridized carbons (Fsp3) is 0.318. The lowest BCUT2D eigenvalue weighted by molar-refractivity contribution is -0.137. The summed E-state index contributed by atoms with van der Waals surface area (Å²) in [5, 5.41) is 0.659. The molecule has 0 saturated heterocycles. The smallest absolute Gasteiger partial charge is 0.241 e. The average molecular weight is 471 g/mol. The molecule has 0 spiro atoms. The van der Waals surface area contributed by atoms with Gasteiger partial charge in [-0.25, -0.2) is 4.98 Å². The Morgan fingerprint density at radius 1 is 1.10 bits per heavy atom. The molecule has 0 bridgehead atoms. The van der Waals surface area contributed by atoms with Gasteiger partial charge in [-0.1, -0.05) is 36.8 Å². The third-order valence-corrected chi connectivity index (χ3v) is 7.32. The highest BCUT2D eigenvalue weighted by Gasteiger charge is 2.31. The first-order valence-electron chi connectivity index (χ1n) is 9.74. The summed E-state index contributed by atoms with van der Waals surface area (Å²) in [6.07, 6.45) is -2.59. The summed E-state index contributed by atoms with van der Waals surface area (Å²) < 4.78 is 66.0. The van der Waals surface area contributed by atoms with E-state index in [1.807, 2.05) is 13.8 Å². The molecule has 3 rings (SSSR count). The van der Waals surface area contributed by atoms with E-state index >= 15 is 0 Å². The molecule has 0 saturated carbocycles. The van der Waals surface area contributed by atoms with Crippen LogP contribution in [0.5, 0.6) is 0 Å². The third kappa shape index (κ3) is 6.00. The molecule has 3 aromatic rings. The fourth-order valence-corrected chi connectivity index (χ4v) is 4.98. The Morgan fingerprint density at radius 2 is 1.74 bits per heavy atom. The quantitative estimate of drug-likeness (QED) is 0.298. The molecule has 1 atom stereocenters. The maximum atomic E-state index is 12.8. The number of rotatable bonds is 8. The van der Waals surface area contributed by atoms with Crippen LogP contribution in [0, 0.1) is 6.92 Å². The summed E-state index contributed by atoms with van der Waals surface area (Å²) >= 11 is 1.45. The number of alkyl halides is 3. The molecular weight excluding hydrogens is 447 g/mol. The minimum atomic E-state index is -4.37. The van der Waals surface area contributed by atoms with E-state index < -0.39 is 22.2 Å². The van der Waals surface area contributed by atoms with E-state index in [0.717, 1.165) is 34.7 Å². The van der Waals surface area contributed by atoms with Crippen LogP contribution in [0.15, 0.2) is 53.4 Å². The maximum Gasteiger partial charge on any atom is 0.416 e. The molecule has 31 heavy (non-hydrogen) atoms. The number of halogens is 3. The summed E-state index contributed by atoms with van der Waals surface area (Å²) in [5.74, 6) is 0. The van der Waals surface area contributed by atoms with Crippen LogP contribution in [0.4, 0.5) is 13.2 Å². The molecule has 0 fully saturated rings. The van der Waals surface area contributed by atoms with Crippen LogP contribution in [-0.4, -0.2) is 16.1 Å².